The van der Waals surface area contributed by atoms with Gasteiger partial charge in [0.15, 0.2) is 0 Å². The largest absolute Gasteiger partial charge is 0.376 e. The van der Waals surface area contributed by atoms with E-state index in [1.165, 1.54) is 0 Å². The molecule has 0 saturated carbocycles. The van der Waals surface area contributed by atoms with E-state index >= 15 is 0 Å². The average Bonchev–Trinajstić information content (AvgIpc) is 2.85. The molecule has 4 heteroatoms. The molecule has 0 aromatic rings. The molecule has 2 rings (SSSR count). The van der Waals surface area contributed by atoms with Crippen molar-refractivity contribution in [3.63, 3.8) is 0 Å². The molecule has 0 radical (unpaired) electrons. The Bertz CT molecular complexity index is 239. The number of hydrogen-bond donors (Lipinski definition) is 1. The van der Waals surface area contributed by atoms with Crippen LogP contribution in [0.3, 0.4) is 0 Å². The molecule has 0 spiro atoms. The predicted octanol–water partition coefficient (Wildman–Crippen LogP) is 0.374. The maximum absolute atomic E-state index is 12.1. The van der Waals surface area contributed by atoms with Crippen molar-refractivity contribution in [3.05, 3.63) is 0 Å². The highest BCUT2D eigenvalue weighted by molar-refractivity contribution is 5.82. The van der Waals surface area contributed by atoms with Gasteiger partial charge in [0, 0.05) is 13.7 Å². The van der Waals surface area contributed by atoms with Gasteiger partial charge < -0.3 is 15.0 Å². The molecule has 0 aromatic carbocycles. The second-order valence-corrected chi connectivity index (χ2v) is 4.53. The molecule has 2 fully saturated rings. The van der Waals surface area contributed by atoms with E-state index in [1.54, 1.807) is 0 Å². The van der Waals surface area contributed by atoms with E-state index < -0.39 is 0 Å². The Hall–Kier alpha value is -0.610. The van der Waals surface area contributed by atoms with Gasteiger partial charge in [0.25, 0.3) is 0 Å². The first-order chi connectivity index (χ1) is 7.20. The van der Waals surface area contributed by atoms with E-state index in [2.05, 4.69) is 5.32 Å². The highest BCUT2D eigenvalue weighted by atomic mass is 16.5. The van der Waals surface area contributed by atoms with Crippen molar-refractivity contribution in [3.8, 4) is 0 Å². The van der Waals surface area contributed by atoms with Gasteiger partial charge >= 0.3 is 0 Å². The van der Waals surface area contributed by atoms with Gasteiger partial charge in [-0.05, 0) is 32.7 Å². The molecule has 2 aliphatic rings. The third-order valence-corrected chi connectivity index (χ3v) is 3.54. The summed E-state index contributed by atoms with van der Waals surface area (Å²) in [5, 5.41) is 3.24. The Balaban J connectivity index is 1.94. The third-order valence-electron chi connectivity index (χ3n) is 3.54. The topological polar surface area (TPSA) is 41.6 Å². The van der Waals surface area contributed by atoms with Crippen LogP contribution in [0.15, 0.2) is 0 Å². The van der Waals surface area contributed by atoms with Gasteiger partial charge in [-0.1, -0.05) is 0 Å². The van der Waals surface area contributed by atoms with Gasteiger partial charge in [-0.15, -0.1) is 0 Å². The van der Waals surface area contributed by atoms with Crippen LogP contribution in [-0.4, -0.2) is 49.2 Å². The van der Waals surface area contributed by atoms with Crippen molar-refractivity contribution in [1.29, 1.82) is 0 Å². The Kier molecular flexibility index (Phi) is 3.26. The Morgan fingerprint density at radius 1 is 1.47 bits per heavy atom. The Morgan fingerprint density at radius 2 is 2.27 bits per heavy atom. The van der Waals surface area contributed by atoms with E-state index in [4.69, 9.17) is 4.74 Å². The number of nitrogens with zero attached hydrogens (tertiary/aromatic N) is 1. The molecular weight excluding hydrogens is 192 g/mol. The minimum absolute atomic E-state index is 0.0443. The molecule has 3 unspecified atom stereocenters. The van der Waals surface area contributed by atoms with Crippen LogP contribution in [0.25, 0.3) is 0 Å². The zero-order chi connectivity index (χ0) is 10.8. The van der Waals surface area contributed by atoms with E-state index in [-0.39, 0.29) is 24.1 Å². The lowest BCUT2D eigenvalue weighted by atomic mass is 10.1. The van der Waals surface area contributed by atoms with Crippen LogP contribution in [0.4, 0.5) is 0 Å². The SMILES string of the molecule is CC1OCCC1N(C)C(=O)C1CCCN1. The molecule has 86 valence electrons. The second kappa shape index (κ2) is 4.49. The Morgan fingerprint density at radius 3 is 2.80 bits per heavy atom. The van der Waals surface area contributed by atoms with Crippen LogP contribution in [-0.2, 0) is 9.53 Å². The molecular formula is C11H20N2O2. The van der Waals surface area contributed by atoms with Gasteiger partial charge in [0.1, 0.15) is 0 Å². The van der Waals surface area contributed by atoms with Crippen molar-refractivity contribution in [2.75, 3.05) is 20.2 Å². The van der Waals surface area contributed by atoms with Crippen molar-refractivity contribution in [2.45, 2.75) is 44.4 Å². The van der Waals surface area contributed by atoms with Crippen molar-refractivity contribution >= 4 is 5.91 Å². The minimum atomic E-state index is 0.0443. The summed E-state index contributed by atoms with van der Waals surface area (Å²) < 4.78 is 5.49. The number of carbonyl (C=O) groups excluding carboxylic acids is 1. The van der Waals surface area contributed by atoms with Gasteiger partial charge in [0.05, 0.1) is 18.2 Å². The van der Waals surface area contributed by atoms with E-state index in [0.29, 0.717) is 0 Å². The third kappa shape index (κ3) is 2.16. The molecule has 4 nitrogen and oxygen atoms in total. The van der Waals surface area contributed by atoms with Gasteiger partial charge in [-0.3, -0.25) is 4.79 Å². The molecule has 2 heterocycles. The highest BCUT2D eigenvalue weighted by Gasteiger charge is 2.34. The molecule has 0 aliphatic carbocycles. The highest BCUT2D eigenvalue weighted by Crippen LogP contribution is 2.20. The summed E-state index contributed by atoms with van der Waals surface area (Å²) >= 11 is 0. The molecule has 1 N–H and O–H groups in total. The summed E-state index contributed by atoms with van der Waals surface area (Å²) in [5.41, 5.74) is 0. The first kappa shape index (κ1) is 10.9. The standard InChI is InChI=1S/C11H20N2O2/c1-8-10(5-7-15-8)13(2)11(14)9-4-3-6-12-9/h8-10,12H,3-7H2,1-2H3. The molecule has 1 amide bonds. The fourth-order valence-corrected chi connectivity index (χ4v) is 2.53. The molecule has 3 atom stereocenters. The van der Waals surface area contributed by atoms with E-state index in [1.807, 2.05) is 18.9 Å². The van der Waals surface area contributed by atoms with E-state index in [9.17, 15) is 4.79 Å². The van der Waals surface area contributed by atoms with Crippen LogP contribution >= 0.6 is 0 Å². The second-order valence-electron chi connectivity index (χ2n) is 4.53. The predicted molar refractivity (Wildman–Crippen MR) is 57.6 cm³/mol. The number of amides is 1. The summed E-state index contributed by atoms with van der Waals surface area (Å²) in [5.74, 6) is 0.231. The van der Waals surface area contributed by atoms with Crippen LogP contribution in [0, 0.1) is 0 Å². The maximum Gasteiger partial charge on any atom is 0.239 e. The molecule has 15 heavy (non-hydrogen) atoms. The average molecular weight is 212 g/mol. The fourth-order valence-electron chi connectivity index (χ4n) is 2.53. The van der Waals surface area contributed by atoms with Crippen LogP contribution < -0.4 is 5.32 Å². The summed E-state index contributed by atoms with van der Waals surface area (Å²) in [7, 11) is 1.90. The van der Waals surface area contributed by atoms with Crippen LogP contribution in [0.2, 0.25) is 0 Å². The van der Waals surface area contributed by atoms with Crippen molar-refractivity contribution < 1.29 is 9.53 Å². The maximum atomic E-state index is 12.1. The van der Waals surface area contributed by atoms with Gasteiger partial charge in [0.2, 0.25) is 5.91 Å². The molecule has 2 saturated heterocycles. The summed E-state index contributed by atoms with van der Waals surface area (Å²) in [4.78, 5) is 14.0. The van der Waals surface area contributed by atoms with Crippen LogP contribution in [0.1, 0.15) is 26.2 Å². The lowest BCUT2D eigenvalue weighted by Crippen LogP contribution is -2.48. The first-order valence-electron chi connectivity index (χ1n) is 5.82. The number of likely N-dealkylation sites (N-methyl/N-ethyl adjacent to an activating group) is 1. The smallest absolute Gasteiger partial charge is 0.239 e. The van der Waals surface area contributed by atoms with Gasteiger partial charge in [-0.2, -0.15) is 0 Å². The lowest BCUT2D eigenvalue weighted by molar-refractivity contribution is -0.134. The Labute approximate surface area is 91.0 Å². The lowest BCUT2D eigenvalue weighted by Gasteiger charge is -2.29. The normalized spacial score (nSPS) is 35.7. The zero-order valence-corrected chi connectivity index (χ0v) is 9.53. The van der Waals surface area contributed by atoms with Crippen LogP contribution in [0.5, 0.6) is 0 Å². The molecule has 0 bridgehead atoms. The number of nitrogens with one attached hydrogen (secondary N) is 1. The summed E-state index contributed by atoms with van der Waals surface area (Å²) in [6.45, 7) is 3.80. The van der Waals surface area contributed by atoms with E-state index in [0.717, 1.165) is 32.4 Å². The molecule has 0 aromatic heterocycles. The number of ether oxygens (including phenoxy) is 1. The number of rotatable bonds is 2. The zero-order valence-electron chi connectivity index (χ0n) is 9.53. The summed E-state index contributed by atoms with van der Waals surface area (Å²) in [6, 6.07) is 0.308. The number of carbonyl (C=O) groups is 1. The monoisotopic (exact) mass is 212 g/mol. The van der Waals surface area contributed by atoms with Gasteiger partial charge in [-0.25, -0.2) is 0 Å². The first-order valence-corrected chi connectivity index (χ1v) is 5.82. The minimum Gasteiger partial charge on any atom is -0.376 e. The van der Waals surface area contributed by atoms with Crippen molar-refractivity contribution in [2.24, 2.45) is 0 Å². The number of hydrogen-bond acceptors (Lipinski definition) is 3. The molecule has 2 aliphatic heterocycles. The quantitative estimate of drug-likeness (QED) is 0.719. The van der Waals surface area contributed by atoms with Crippen molar-refractivity contribution in [1.82, 2.24) is 10.2 Å². The summed E-state index contributed by atoms with van der Waals surface area (Å²) in [6.07, 6.45) is 3.24. The fraction of sp³-hybridized carbons (Fsp3) is 0.909.